The van der Waals surface area contributed by atoms with Crippen LogP contribution in [0.1, 0.15) is 17.0 Å². The molecule has 1 atom stereocenters. The Hall–Kier alpha value is -4.52. The zero-order valence-corrected chi connectivity index (χ0v) is 15.3. The number of nitriles is 1. The highest BCUT2D eigenvalue weighted by atomic mass is 16.7. The highest BCUT2D eigenvalue weighted by molar-refractivity contribution is 5.72. The maximum atomic E-state index is 11.0. The summed E-state index contributed by atoms with van der Waals surface area (Å²) >= 11 is 0. The van der Waals surface area contributed by atoms with Crippen molar-refractivity contribution in [1.29, 1.82) is 5.26 Å². The van der Waals surface area contributed by atoms with E-state index in [0.29, 0.717) is 28.3 Å². The summed E-state index contributed by atoms with van der Waals surface area (Å²) in [5, 5.41) is 27.8. The number of aromatic amines is 1. The molecular formula is C20H13N5O5. The fourth-order valence-electron chi connectivity index (χ4n) is 3.64. The first-order valence-corrected chi connectivity index (χ1v) is 8.87. The number of non-ortho nitro benzene ring substituents is 1. The van der Waals surface area contributed by atoms with Gasteiger partial charge in [-0.3, -0.25) is 15.2 Å². The normalized spacial score (nSPS) is 16.6. The number of hydrogen-bond acceptors (Lipinski definition) is 8. The molecule has 0 aliphatic carbocycles. The van der Waals surface area contributed by atoms with Crippen LogP contribution in [0.15, 0.2) is 53.9 Å². The molecule has 0 saturated heterocycles. The third kappa shape index (κ3) is 2.61. The monoisotopic (exact) mass is 403 g/mol. The number of nitro benzene ring substituents is 1. The van der Waals surface area contributed by atoms with Crippen LogP contribution < -0.4 is 19.9 Å². The fourth-order valence-corrected chi connectivity index (χ4v) is 3.64. The van der Waals surface area contributed by atoms with Crippen LogP contribution in [0, 0.1) is 21.4 Å². The standard InChI is InChI=1S/C20H13N5O5/c21-8-13-16(11-3-6-14-15(7-11)29-9-28-14)17-18(23-24-20(17)30-19(13)22)10-1-4-12(5-2-10)25(26)27/h1-7,16H,9,22H2,(H,23,24)/t16-/m0/s1. The molecular weight excluding hydrogens is 390 g/mol. The van der Waals surface area contributed by atoms with E-state index in [0.717, 1.165) is 5.56 Å². The number of H-pyrrole nitrogens is 1. The first-order chi connectivity index (χ1) is 14.6. The fraction of sp³-hybridized carbons (Fsp3) is 0.100. The van der Waals surface area contributed by atoms with Gasteiger partial charge >= 0.3 is 0 Å². The van der Waals surface area contributed by atoms with Gasteiger partial charge in [0.2, 0.25) is 18.6 Å². The highest BCUT2D eigenvalue weighted by Gasteiger charge is 2.36. The second-order valence-corrected chi connectivity index (χ2v) is 6.66. The Bertz CT molecular complexity index is 1260. The van der Waals surface area contributed by atoms with E-state index in [2.05, 4.69) is 16.3 Å². The van der Waals surface area contributed by atoms with Crippen LogP contribution in [0.4, 0.5) is 5.69 Å². The van der Waals surface area contributed by atoms with Gasteiger partial charge in [-0.25, -0.2) is 0 Å². The van der Waals surface area contributed by atoms with Crippen molar-refractivity contribution in [2.45, 2.75) is 5.92 Å². The minimum atomic E-state index is -0.572. The van der Waals surface area contributed by atoms with Gasteiger partial charge in [0.05, 0.1) is 22.1 Å². The predicted octanol–water partition coefficient (Wildman–Crippen LogP) is 2.93. The number of fused-ring (bicyclic) bond motifs is 2. The predicted molar refractivity (Wildman–Crippen MR) is 103 cm³/mol. The summed E-state index contributed by atoms with van der Waals surface area (Å²) in [5.41, 5.74) is 8.77. The number of nitrogens with zero attached hydrogens (tertiary/aromatic N) is 3. The number of hydrogen-bond donors (Lipinski definition) is 2. The molecule has 0 bridgehead atoms. The molecule has 2 aliphatic rings. The van der Waals surface area contributed by atoms with Gasteiger partial charge in [-0.15, -0.1) is 5.10 Å². The maximum Gasteiger partial charge on any atom is 0.269 e. The topological polar surface area (TPSA) is 149 Å². The van der Waals surface area contributed by atoms with Gasteiger partial charge < -0.3 is 19.9 Å². The van der Waals surface area contributed by atoms with Crippen LogP contribution in [-0.4, -0.2) is 21.9 Å². The van der Waals surface area contributed by atoms with Gasteiger partial charge in [-0.05, 0) is 29.8 Å². The van der Waals surface area contributed by atoms with Gasteiger partial charge in [-0.1, -0.05) is 6.07 Å². The summed E-state index contributed by atoms with van der Waals surface area (Å²) in [4.78, 5) is 10.5. The number of nitrogens with one attached hydrogen (secondary N) is 1. The molecule has 5 rings (SSSR count). The number of allylic oxidation sites excluding steroid dienone is 1. The van der Waals surface area contributed by atoms with Gasteiger partial charge in [0.15, 0.2) is 11.5 Å². The Morgan fingerprint density at radius 3 is 2.70 bits per heavy atom. The highest BCUT2D eigenvalue weighted by Crippen LogP contribution is 2.47. The summed E-state index contributed by atoms with van der Waals surface area (Å²) in [7, 11) is 0. The average molecular weight is 403 g/mol. The lowest BCUT2D eigenvalue weighted by Gasteiger charge is -2.24. The summed E-state index contributed by atoms with van der Waals surface area (Å²) in [6.45, 7) is 0.126. The van der Waals surface area contributed by atoms with Crippen molar-refractivity contribution >= 4 is 5.69 Å². The quantitative estimate of drug-likeness (QED) is 0.501. The van der Waals surface area contributed by atoms with Crippen molar-refractivity contribution in [3.8, 4) is 34.7 Å². The molecule has 0 radical (unpaired) electrons. The number of aromatic nitrogens is 2. The molecule has 10 heteroatoms. The second-order valence-electron chi connectivity index (χ2n) is 6.66. The molecule has 2 aliphatic heterocycles. The largest absolute Gasteiger partial charge is 0.454 e. The summed E-state index contributed by atoms with van der Waals surface area (Å²) in [5.74, 6) is 0.815. The number of rotatable bonds is 3. The van der Waals surface area contributed by atoms with Crippen LogP contribution in [0.25, 0.3) is 11.3 Å². The Morgan fingerprint density at radius 1 is 1.20 bits per heavy atom. The zero-order chi connectivity index (χ0) is 20.8. The van der Waals surface area contributed by atoms with E-state index in [4.69, 9.17) is 19.9 Å². The Kier molecular flexibility index (Phi) is 3.82. The van der Waals surface area contributed by atoms with E-state index < -0.39 is 10.8 Å². The summed E-state index contributed by atoms with van der Waals surface area (Å²) < 4.78 is 16.4. The minimum Gasteiger partial charge on any atom is -0.454 e. The van der Waals surface area contributed by atoms with Gasteiger partial charge in [-0.2, -0.15) is 5.26 Å². The molecule has 0 saturated carbocycles. The number of nitrogens with two attached hydrogens (primary N) is 1. The smallest absolute Gasteiger partial charge is 0.269 e. The Morgan fingerprint density at radius 2 is 1.97 bits per heavy atom. The third-order valence-corrected chi connectivity index (χ3v) is 5.04. The third-order valence-electron chi connectivity index (χ3n) is 5.04. The maximum absolute atomic E-state index is 11.0. The lowest BCUT2D eigenvalue weighted by molar-refractivity contribution is -0.384. The van der Waals surface area contributed by atoms with Gasteiger partial charge in [0.25, 0.3) is 5.69 Å². The molecule has 3 aromatic rings. The van der Waals surface area contributed by atoms with Gasteiger partial charge in [0.1, 0.15) is 11.6 Å². The number of benzene rings is 2. The summed E-state index contributed by atoms with van der Waals surface area (Å²) in [6.07, 6.45) is 0. The van der Waals surface area contributed by atoms with E-state index in [1.165, 1.54) is 12.1 Å². The van der Waals surface area contributed by atoms with Gasteiger partial charge in [0, 0.05) is 17.7 Å². The number of nitro groups is 1. The first kappa shape index (κ1) is 17.6. The lowest BCUT2D eigenvalue weighted by atomic mass is 9.83. The number of ether oxygens (including phenoxy) is 3. The zero-order valence-electron chi connectivity index (χ0n) is 15.3. The average Bonchev–Trinajstić information content (AvgIpc) is 3.39. The van der Waals surface area contributed by atoms with E-state index in [1.807, 2.05) is 6.07 Å². The molecule has 0 fully saturated rings. The molecule has 0 spiro atoms. The van der Waals surface area contributed by atoms with Crippen LogP contribution in [0.2, 0.25) is 0 Å². The second kappa shape index (κ2) is 6.52. The van der Waals surface area contributed by atoms with E-state index in [-0.39, 0.29) is 29.8 Å². The van der Waals surface area contributed by atoms with Crippen molar-refractivity contribution in [1.82, 2.24) is 10.2 Å². The molecule has 3 N–H and O–H groups in total. The molecule has 30 heavy (non-hydrogen) atoms. The molecule has 2 aromatic carbocycles. The van der Waals surface area contributed by atoms with E-state index in [9.17, 15) is 15.4 Å². The first-order valence-electron chi connectivity index (χ1n) is 8.87. The molecule has 148 valence electrons. The Balaban J connectivity index is 1.67. The van der Waals surface area contributed by atoms with Crippen molar-refractivity contribution in [2.24, 2.45) is 5.73 Å². The van der Waals surface area contributed by atoms with E-state index in [1.54, 1.807) is 24.3 Å². The van der Waals surface area contributed by atoms with Crippen molar-refractivity contribution in [2.75, 3.05) is 6.79 Å². The van der Waals surface area contributed by atoms with Crippen molar-refractivity contribution in [3.63, 3.8) is 0 Å². The molecule has 0 amide bonds. The Labute approximate surface area is 169 Å². The summed E-state index contributed by atoms with van der Waals surface area (Å²) in [6, 6.07) is 13.5. The SMILES string of the molecule is N#CC1=C(N)Oc2n[nH]c(-c3ccc([N+](=O)[O-])cc3)c2[C@H]1c1ccc2c(c1)OCO2. The molecule has 10 nitrogen and oxygen atoms in total. The lowest BCUT2D eigenvalue weighted by Crippen LogP contribution is -2.21. The minimum absolute atomic E-state index is 0.0300. The molecule has 3 heterocycles. The van der Waals surface area contributed by atoms with Crippen LogP contribution >= 0.6 is 0 Å². The van der Waals surface area contributed by atoms with Crippen LogP contribution in [0.3, 0.4) is 0 Å². The molecule has 1 aromatic heterocycles. The van der Waals surface area contributed by atoms with Crippen molar-refractivity contribution < 1.29 is 19.1 Å². The van der Waals surface area contributed by atoms with Crippen LogP contribution in [0.5, 0.6) is 17.4 Å². The molecule has 0 unspecified atom stereocenters. The van der Waals surface area contributed by atoms with Crippen molar-refractivity contribution in [3.05, 3.63) is 75.2 Å². The van der Waals surface area contributed by atoms with Crippen LogP contribution in [-0.2, 0) is 0 Å². The van der Waals surface area contributed by atoms with E-state index >= 15 is 0 Å².